The first-order valence-corrected chi connectivity index (χ1v) is 12.0. The minimum Gasteiger partial charge on any atom is -0.437 e. The fourth-order valence-corrected chi connectivity index (χ4v) is 4.03. The van der Waals surface area contributed by atoms with Crippen molar-refractivity contribution in [1.82, 2.24) is 19.9 Å². The second-order valence-electron chi connectivity index (χ2n) is 9.26. The summed E-state index contributed by atoms with van der Waals surface area (Å²) in [6.07, 6.45) is -1.67. The van der Waals surface area contributed by atoms with Crippen molar-refractivity contribution in [3.8, 4) is 22.9 Å². The fourth-order valence-electron chi connectivity index (χ4n) is 4.03. The number of ether oxygens (including phenoxy) is 1. The maximum atomic E-state index is 12.8. The molecule has 1 amide bonds. The Morgan fingerprint density at radius 3 is 2.65 bits per heavy atom. The van der Waals surface area contributed by atoms with Crippen molar-refractivity contribution in [2.24, 2.45) is 0 Å². The first-order chi connectivity index (χ1) is 17.7. The number of anilines is 1. The smallest absolute Gasteiger partial charge is 0.390 e. The van der Waals surface area contributed by atoms with Crippen LogP contribution in [-0.4, -0.2) is 39.3 Å². The molecule has 1 saturated carbocycles. The number of aromatic nitrogens is 3. The average molecular weight is 510 g/mol. The standard InChI is InChI=1S/C27H26F3N5O2/c1-16-4-3-5-20(12-16)37-24-14-22(31-11-10-27(28,29)30)25-32-15-23(35(25)34-24)18-6-9-21(17(2)13-18)26(36)33-19-7-8-19/h3-6,9,12-15,19,31H,7-8,10-11H2,1-2H3,(H,33,36). The van der Waals surface area contributed by atoms with Crippen molar-refractivity contribution in [2.45, 2.75) is 45.3 Å². The molecule has 4 aromatic rings. The lowest BCUT2D eigenvalue weighted by molar-refractivity contribution is -0.131. The Morgan fingerprint density at radius 1 is 1.14 bits per heavy atom. The van der Waals surface area contributed by atoms with Crippen LogP contribution in [0.2, 0.25) is 0 Å². The van der Waals surface area contributed by atoms with Gasteiger partial charge in [-0.05, 0) is 62.1 Å². The van der Waals surface area contributed by atoms with Crippen LogP contribution < -0.4 is 15.4 Å². The summed E-state index contributed by atoms with van der Waals surface area (Å²) in [6.45, 7) is 3.47. The first-order valence-electron chi connectivity index (χ1n) is 12.0. The molecule has 2 aromatic heterocycles. The monoisotopic (exact) mass is 509 g/mol. The maximum Gasteiger partial charge on any atom is 0.390 e. The van der Waals surface area contributed by atoms with E-state index in [0.717, 1.165) is 29.5 Å². The summed E-state index contributed by atoms with van der Waals surface area (Å²) >= 11 is 0. The third kappa shape index (κ3) is 5.84. The molecule has 2 heterocycles. The number of halogens is 3. The van der Waals surface area contributed by atoms with Gasteiger partial charge in [0.25, 0.3) is 5.91 Å². The minimum absolute atomic E-state index is 0.104. The summed E-state index contributed by atoms with van der Waals surface area (Å²) in [6, 6.07) is 14.6. The summed E-state index contributed by atoms with van der Waals surface area (Å²) in [5.74, 6) is 0.647. The lowest BCUT2D eigenvalue weighted by atomic mass is 10.0. The predicted molar refractivity (Wildman–Crippen MR) is 134 cm³/mol. The van der Waals surface area contributed by atoms with E-state index < -0.39 is 12.6 Å². The SMILES string of the molecule is Cc1cccc(Oc2cc(NCCC(F)(F)F)c3ncc(-c4ccc(C(=O)NC5CC5)c(C)c4)n3n2)c1. The number of hydrogen-bond donors (Lipinski definition) is 2. The van der Waals surface area contributed by atoms with E-state index in [9.17, 15) is 18.0 Å². The van der Waals surface area contributed by atoms with Gasteiger partial charge < -0.3 is 15.4 Å². The topological polar surface area (TPSA) is 80.5 Å². The number of benzene rings is 2. The molecular formula is C27H26F3N5O2. The van der Waals surface area contributed by atoms with Gasteiger partial charge in [0.2, 0.25) is 5.88 Å². The van der Waals surface area contributed by atoms with Crippen LogP contribution in [0.1, 0.15) is 40.7 Å². The van der Waals surface area contributed by atoms with Crippen molar-refractivity contribution >= 4 is 17.2 Å². The predicted octanol–water partition coefficient (Wildman–Crippen LogP) is 6.06. The number of imidazole rings is 1. The summed E-state index contributed by atoms with van der Waals surface area (Å²) in [7, 11) is 0. The number of hydrogen-bond acceptors (Lipinski definition) is 5. The number of nitrogens with zero attached hydrogens (tertiary/aromatic N) is 3. The van der Waals surface area contributed by atoms with Crippen LogP contribution in [-0.2, 0) is 0 Å². The second-order valence-corrected chi connectivity index (χ2v) is 9.26. The van der Waals surface area contributed by atoms with Gasteiger partial charge in [0.15, 0.2) is 5.65 Å². The molecule has 192 valence electrons. The van der Waals surface area contributed by atoms with Crippen LogP contribution >= 0.6 is 0 Å². The molecule has 0 spiro atoms. The van der Waals surface area contributed by atoms with Crippen LogP contribution in [0.25, 0.3) is 16.9 Å². The molecule has 0 radical (unpaired) electrons. The lowest BCUT2D eigenvalue weighted by Gasteiger charge is -2.13. The van der Waals surface area contributed by atoms with Crippen LogP contribution in [0, 0.1) is 13.8 Å². The maximum absolute atomic E-state index is 12.8. The van der Waals surface area contributed by atoms with Gasteiger partial charge >= 0.3 is 6.18 Å². The highest BCUT2D eigenvalue weighted by molar-refractivity contribution is 5.96. The van der Waals surface area contributed by atoms with E-state index in [1.54, 1.807) is 28.9 Å². The Morgan fingerprint density at radius 2 is 1.95 bits per heavy atom. The number of amides is 1. The molecule has 5 rings (SSSR count). The number of alkyl halides is 3. The Hall–Kier alpha value is -4.08. The van der Waals surface area contributed by atoms with E-state index in [1.807, 2.05) is 44.2 Å². The van der Waals surface area contributed by atoms with Gasteiger partial charge in [-0.15, -0.1) is 5.10 Å². The zero-order chi connectivity index (χ0) is 26.2. The highest BCUT2D eigenvalue weighted by Crippen LogP contribution is 2.31. The summed E-state index contributed by atoms with van der Waals surface area (Å²) < 4.78 is 45.8. The van der Waals surface area contributed by atoms with Crippen LogP contribution in [0.3, 0.4) is 0 Å². The van der Waals surface area contributed by atoms with Crippen LogP contribution in [0.15, 0.2) is 54.7 Å². The van der Waals surface area contributed by atoms with Gasteiger partial charge in [0.1, 0.15) is 5.75 Å². The number of aryl methyl sites for hydroxylation is 2. The number of carbonyl (C=O) groups is 1. The van der Waals surface area contributed by atoms with Gasteiger partial charge in [-0.25, -0.2) is 9.50 Å². The van der Waals surface area contributed by atoms with Crippen molar-refractivity contribution in [3.05, 3.63) is 71.4 Å². The molecule has 2 aromatic carbocycles. The molecule has 2 N–H and O–H groups in total. The van der Waals surface area contributed by atoms with E-state index >= 15 is 0 Å². The number of carbonyl (C=O) groups excluding carboxylic acids is 1. The van der Waals surface area contributed by atoms with Gasteiger partial charge in [-0.3, -0.25) is 4.79 Å². The molecule has 10 heteroatoms. The third-order valence-corrected chi connectivity index (χ3v) is 6.06. The molecule has 0 saturated heterocycles. The molecule has 0 atom stereocenters. The van der Waals surface area contributed by atoms with Gasteiger partial charge in [0, 0.05) is 29.8 Å². The normalized spacial score (nSPS) is 13.5. The molecule has 0 aliphatic heterocycles. The largest absolute Gasteiger partial charge is 0.437 e. The quantitative estimate of drug-likeness (QED) is 0.302. The zero-order valence-electron chi connectivity index (χ0n) is 20.4. The molecule has 7 nitrogen and oxygen atoms in total. The van der Waals surface area contributed by atoms with E-state index in [2.05, 4.69) is 20.7 Å². The first kappa shape index (κ1) is 24.6. The summed E-state index contributed by atoms with van der Waals surface area (Å²) in [5.41, 5.74) is 4.48. The highest BCUT2D eigenvalue weighted by Gasteiger charge is 2.27. The Bertz CT molecular complexity index is 1460. The van der Waals surface area contributed by atoms with Crippen molar-refractivity contribution in [2.75, 3.05) is 11.9 Å². The van der Waals surface area contributed by atoms with E-state index in [0.29, 0.717) is 28.3 Å². The Labute approximate surface area is 211 Å². The molecular weight excluding hydrogens is 483 g/mol. The van der Waals surface area contributed by atoms with Gasteiger partial charge in [0.05, 0.1) is 24.0 Å². The molecule has 1 aliphatic carbocycles. The minimum atomic E-state index is -4.29. The Kier molecular flexibility index (Phi) is 6.49. The van der Waals surface area contributed by atoms with Crippen molar-refractivity contribution in [3.63, 3.8) is 0 Å². The molecule has 0 unspecified atom stereocenters. The van der Waals surface area contributed by atoms with E-state index in [4.69, 9.17) is 4.74 Å². The van der Waals surface area contributed by atoms with E-state index in [1.165, 1.54) is 0 Å². The average Bonchev–Trinajstić information content (AvgIpc) is 3.53. The number of rotatable bonds is 8. The molecule has 0 bridgehead atoms. The fraction of sp³-hybridized carbons (Fsp3) is 0.296. The van der Waals surface area contributed by atoms with Gasteiger partial charge in [-0.2, -0.15) is 13.2 Å². The summed E-state index contributed by atoms with van der Waals surface area (Å²) in [5, 5.41) is 10.4. The number of fused-ring (bicyclic) bond motifs is 1. The van der Waals surface area contributed by atoms with Crippen molar-refractivity contribution < 1.29 is 22.7 Å². The van der Waals surface area contributed by atoms with Crippen molar-refractivity contribution in [1.29, 1.82) is 0 Å². The van der Waals surface area contributed by atoms with Crippen LogP contribution in [0.4, 0.5) is 18.9 Å². The highest BCUT2D eigenvalue weighted by atomic mass is 19.4. The van der Waals surface area contributed by atoms with E-state index in [-0.39, 0.29) is 24.4 Å². The molecule has 1 aliphatic rings. The third-order valence-electron chi connectivity index (χ3n) is 6.06. The summed E-state index contributed by atoms with van der Waals surface area (Å²) in [4.78, 5) is 17.0. The van der Waals surface area contributed by atoms with Crippen LogP contribution in [0.5, 0.6) is 11.6 Å². The molecule has 37 heavy (non-hydrogen) atoms. The second kappa shape index (κ2) is 9.76. The number of nitrogens with one attached hydrogen (secondary N) is 2. The van der Waals surface area contributed by atoms with Gasteiger partial charge in [-0.1, -0.05) is 18.2 Å². The Balaban J connectivity index is 1.51. The molecule has 1 fully saturated rings. The lowest BCUT2D eigenvalue weighted by Crippen LogP contribution is -2.26. The zero-order valence-corrected chi connectivity index (χ0v) is 20.4.